The van der Waals surface area contributed by atoms with Gasteiger partial charge in [-0.2, -0.15) is 0 Å². The third kappa shape index (κ3) is 2.20. The van der Waals surface area contributed by atoms with Crippen LogP contribution in [0.3, 0.4) is 0 Å². The number of carbonyl (C=O) groups is 1. The monoisotopic (exact) mass is 228 g/mol. The van der Waals surface area contributed by atoms with Gasteiger partial charge in [-0.05, 0) is 35.4 Å². The molecule has 0 saturated carbocycles. The average molecular weight is 228 g/mol. The number of carboxylic acids is 1. The average Bonchev–Trinajstić information content (AvgIpc) is 2.30. The van der Waals surface area contributed by atoms with Crippen LogP contribution in [0.4, 0.5) is 11.4 Å². The van der Waals surface area contributed by atoms with Crippen LogP contribution in [0.25, 0.3) is 11.1 Å². The third-order valence-corrected chi connectivity index (χ3v) is 2.50. The fourth-order valence-corrected chi connectivity index (χ4v) is 1.65. The lowest BCUT2D eigenvalue weighted by Gasteiger charge is -2.07. The lowest BCUT2D eigenvalue weighted by atomic mass is 9.99. The Bertz CT molecular complexity index is 562. The van der Waals surface area contributed by atoms with E-state index >= 15 is 0 Å². The quantitative estimate of drug-likeness (QED) is 0.687. The van der Waals surface area contributed by atoms with E-state index in [0.717, 1.165) is 5.56 Å². The highest BCUT2D eigenvalue weighted by atomic mass is 16.4. The SMILES string of the molecule is Nc1ccc(-c2ccc(N)cc2C(=O)O)cc1. The molecular formula is C13H12N2O2. The van der Waals surface area contributed by atoms with Crippen molar-refractivity contribution in [2.75, 3.05) is 11.5 Å². The number of anilines is 2. The Morgan fingerprint density at radius 2 is 1.53 bits per heavy atom. The van der Waals surface area contributed by atoms with Crippen molar-refractivity contribution in [2.24, 2.45) is 0 Å². The van der Waals surface area contributed by atoms with Crippen LogP contribution in [-0.2, 0) is 0 Å². The summed E-state index contributed by atoms with van der Waals surface area (Å²) in [7, 11) is 0. The van der Waals surface area contributed by atoms with E-state index in [0.29, 0.717) is 16.9 Å². The van der Waals surface area contributed by atoms with E-state index in [1.54, 1.807) is 36.4 Å². The molecule has 0 heterocycles. The molecule has 0 aliphatic carbocycles. The Morgan fingerprint density at radius 3 is 2.12 bits per heavy atom. The highest BCUT2D eigenvalue weighted by Crippen LogP contribution is 2.26. The van der Waals surface area contributed by atoms with Gasteiger partial charge in [-0.1, -0.05) is 18.2 Å². The first-order valence-electron chi connectivity index (χ1n) is 5.06. The molecule has 0 spiro atoms. The van der Waals surface area contributed by atoms with Crippen LogP contribution in [0.15, 0.2) is 42.5 Å². The minimum absolute atomic E-state index is 0.190. The van der Waals surface area contributed by atoms with Gasteiger partial charge in [0, 0.05) is 11.4 Å². The third-order valence-electron chi connectivity index (χ3n) is 2.50. The molecule has 0 unspecified atom stereocenters. The zero-order valence-electron chi connectivity index (χ0n) is 9.05. The van der Waals surface area contributed by atoms with Gasteiger partial charge in [0.05, 0.1) is 5.56 Å². The molecule has 0 radical (unpaired) electrons. The number of hydrogen-bond donors (Lipinski definition) is 3. The Morgan fingerprint density at radius 1 is 0.941 bits per heavy atom. The second-order valence-corrected chi connectivity index (χ2v) is 3.73. The molecular weight excluding hydrogens is 216 g/mol. The van der Waals surface area contributed by atoms with Crippen LogP contribution in [0.1, 0.15) is 10.4 Å². The van der Waals surface area contributed by atoms with Crippen molar-refractivity contribution in [1.82, 2.24) is 0 Å². The molecule has 2 rings (SSSR count). The van der Waals surface area contributed by atoms with E-state index in [9.17, 15) is 4.79 Å². The molecule has 0 atom stereocenters. The summed E-state index contributed by atoms with van der Waals surface area (Å²) in [6, 6.07) is 11.9. The molecule has 4 heteroatoms. The number of aromatic carboxylic acids is 1. The Kier molecular flexibility index (Phi) is 2.70. The lowest BCUT2D eigenvalue weighted by Crippen LogP contribution is -2.01. The van der Waals surface area contributed by atoms with E-state index in [-0.39, 0.29) is 5.56 Å². The topological polar surface area (TPSA) is 89.3 Å². The summed E-state index contributed by atoms with van der Waals surface area (Å²) in [5, 5.41) is 9.13. The fraction of sp³-hybridized carbons (Fsp3) is 0. The van der Waals surface area contributed by atoms with Crippen LogP contribution in [0, 0.1) is 0 Å². The maximum absolute atomic E-state index is 11.1. The van der Waals surface area contributed by atoms with E-state index in [1.807, 2.05) is 0 Å². The standard InChI is InChI=1S/C13H12N2O2/c14-9-3-1-8(2-4-9)11-6-5-10(15)7-12(11)13(16)17/h1-7H,14-15H2,(H,16,17). The summed E-state index contributed by atoms with van der Waals surface area (Å²) in [5.74, 6) is -0.996. The van der Waals surface area contributed by atoms with Crippen LogP contribution < -0.4 is 11.5 Å². The molecule has 4 nitrogen and oxygen atoms in total. The molecule has 86 valence electrons. The number of nitrogen functional groups attached to an aromatic ring is 2. The first-order chi connectivity index (χ1) is 8.08. The summed E-state index contributed by atoms with van der Waals surface area (Å²) in [4.78, 5) is 11.1. The van der Waals surface area contributed by atoms with Gasteiger partial charge < -0.3 is 16.6 Å². The summed E-state index contributed by atoms with van der Waals surface area (Å²) in [6.45, 7) is 0. The summed E-state index contributed by atoms with van der Waals surface area (Å²) in [5.41, 5.74) is 13.9. The zero-order valence-corrected chi connectivity index (χ0v) is 9.05. The zero-order chi connectivity index (χ0) is 12.4. The van der Waals surface area contributed by atoms with Gasteiger partial charge in [0.25, 0.3) is 0 Å². The van der Waals surface area contributed by atoms with Gasteiger partial charge >= 0.3 is 5.97 Å². The number of carboxylic acid groups (broad SMARTS) is 1. The highest BCUT2D eigenvalue weighted by Gasteiger charge is 2.11. The van der Waals surface area contributed by atoms with Crippen molar-refractivity contribution in [1.29, 1.82) is 0 Å². The molecule has 2 aromatic carbocycles. The Labute approximate surface area is 98.5 Å². The predicted octanol–water partition coefficient (Wildman–Crippen LogP) is 2.22. The minimum Gasteiger partial charge on any atom is -0.478 e. The van der Waals surface area contributed by atoms with Crippen LogP contribution in [0.5, 0.6) is 0 Å². The van der Waals surface area contributed by atoms with E-state index in [2.05, 4.69) is 0 Å². The molecule has 0 bridgehead atoms. The number of hydrogen-bond acceptors (Lipinski definition) is 3. The number of rotatable bonds is 2. The Balaban J connectivity index is 2.58. The molecule has 0 fully saturated rings. The van der Waals surface area contributed by atoms with Gasteiger partial charge in [0.15, 0.2) is 0 Å². The van der Waals surface area contributed by atoms with Crippen molar-refractivity contribution in [3.63, 3.8) is 0 Å². The normalized spacial score (nSPS) is 10.1. The van der Waals surface area contributed by atoms with Crippen molar-refractivity contribution in [3.8, 4) is 11.1 Å². The van der Waals surface area contributed by atoms with E-state index in [4.69, 9.17) is 16.6 Å². The largest absolute Gasteiger partial charge is 0.478 e. The summed E-state index contributed by atoms with van der Waals surface area (Å²) < 4.78 is 0. The highest BCUT2D eigenvalue weighted by molar-refractivity contribution is 5.97. The molecule has 17 heavy (non-hydrogen) atoms. The molecule has 2 aromatic rings. The van der Waals surface area contributed by atoms with Crippen molar-refractivity contribution in [2.45, 2.75) is 0 Å². The second kappa shape index (κ2) is 4.17. The maximum Gasteiger partial charge on any atom is 0.336 e. The maximum atomic E-state index is 11.1. The molecule has 0 aliphatic rings. The van der Waals surface area contributed by atoms with Gasteiger partial charge in [0.2, 0.25) is 0 Å². The van der Waals surface area contributed by atoms with E-state index < -0.39 is 5.97 Å². The fourth-order valence-electron chi connectivity index (χ4n) is 1.65. The predicted molar refractivity (Wildman–Crippen MR) is 67.7 cm³/mol. The van der Waals surface area contributed by atoms with Gasteiger partial charge in [-0.3, -0.25) is 0 Å². The molecule has 5 N–H and O–H groups in total. The lowest BCUT2D eigenvalue weighted by molar-refractivity contribution is 0.0698. The van der Waals surface area contributed by atoms with Gasteiger partial charge in [-0.15, -0.1) is 0 Å². The molecule has 0 aliphatic heterocycles. The van der Waals surface area contributed by atoms with Gasteiger partial charge in [-0.25, -0.2) is 4.79 Å². The van der Waals surface area contributed by atoms with Crippen LogP contribution in [-0.4, -0.2) is 11.1 Å². The van der Waals surface area contributed by atoms with Crippen molar-refractivity contribution in [3.05, 3.63) is 48.0 Å². The minimum atomic E-state index is -0.996. The summed E-state index contributed by atoms with van der Waals surface area (Å²) in [6.07, 6.45) is 0. The van der Waals surface area contributed by atoms with E-state index in [1.165, 1.54) is 6.07 Å². The Hall–Kier alpha value is -2.49. The number of nitrogens with two attached hydrogens (primary N) is 2. The van der Waals surface area contributed by atoms with Crippen molar-refractivity contribution >= 4 is 17.3 Å². The molecule has 0 aromatic heterocycles. The smallest absolute Gasteiger partial charge is 0.336 e. The second-order valence-electron chi connectivity index (χ2n) is 3.73. The van der Waals surface area contributed by atoms with Crippen molar-refractivity contribution < 1.29 is 9.90 Å². The first-order valence-corrected chi connectivity index (χ1v) is 5.06. The van der Waals surface area contributed by atoms with Crippen LogP contribution >= 0.6 is 0 Å². The first kappa shape index (κ1) is 11.0. The molecule has 0 saturated heterocycles. The number of benzene rings is 2. The molecule has 0 amide bonds. The van der Waals surface area contributed by atoms with Gasteiger partial charge in [0.1, 0.15) is 0 Å². The van der Waals surface area contributed by atoms with Crippen LogP contribution in [0.2, 0.25) is 0 Å². The summed E-state index contributed by atoms with van der Waals surface area (Å²) >= 11 is 0.